The van der Waals surface area contributed by atoms with Gasteiger partial charge in [0.05, 0.1) is 22.1 Å². The van der Waals surface area contributed by atoms with Crippen LogP contribution in [0.1, 0.15) is 0 Å². The second-order valence-electron chi connectivity index (χ2n) is 9.52. The fourth-order valence-electron chi connectivity index (χ4n) is 4.48. The molecule has 0 amide bonds. The number of H-pyrrole nitrogens is 2. The summed E-state index contributed by atoms with van der Waals surface area (Å²) in [7, 11) is 8.17. The number of nitrogens with zero attached hydrogens (tertiary/aromatic N) is 4. The number of hydrogen-bond donors (Lipinski definition) is 2. The lowest BCUT2D eigenvalue weighted by Crippen LogP contribution is -2.07. The Morgan fingerprint density at radius 2 is 0.944 bits per heavy atom. The maximum absolute atomic E-state index is 4.88. The number of nitrogens with one attached hydrogen (secondary N) is 2. The number of hydrogen-bond acceptors (Lipinski definition) is 4. The molecule has 2 N–H and O–H groups in total. The van der Waals surface area contributed by atoms with Crippen LogP contribution in [0.15, 0.2) is 84.9 Å². The average Bonchev–Trinajstić information content (AvgIpc) is 3.52. The van der Waals surface area contributed by atoms with Gasteiger partial charge in [0.1, 0.15) is 11.6 Å². The molecule has 6 heteroatoms. The highest BCUT2D eigenvalue weighted by Crippen LogP contribution is 2.30. The number of aromatic amines is 2. The lowest BCUT2D eigenvalue weighted by molar-refractivity contribution is 1.13. The van der Waals surface area contributed by atoms with Crippen molar-refractivity contribution in [2.75, 3.05) is 38.0 Å². The highest BCUT2D eigenvalue weighted by atomic mass is 15.1. The van der Waals surface area contributed by atoms with Crippen LogP contribution in [0.5, 0.6) is 0 Å². The minimum atomic E-state index is 0.875. The predicted octanol–water partition coefficient (Wildman–Crippen LogP) is 6.57. The zero-order chi connectivity index (χ0) is 24.8. The molecule has 4 aromatic carbocycles. The van der Waals surface area contributed by atoms with Gasteiger partial charge in [0.25, 0.3) is 0 Å². The summed E-state index contributed by atoms with van der Waals surface area (Å²) < 4.78 is 0. The third-order valence-corrected chi connectivity index (χ3v) is 6.61. The molecule has 2 heterocycles. The van der Waals surface area contributed by atoms with E-state index in [0.29, 0.717) is 0 Å². The van der Waals surface area contributed by atoms with E-state index in [4.69, 9.17) is 9.97 Å². The van der Waals surface area contributed by atoms with Gasteiger partial charge in [0.2, 0.25) is 0 Å². The van der Waals surface area contributed by atoms with E-state index in [1.807, 2.05) is 28.2 Å². The van der Waals surface area contributed by atoms with Crippen LogP contribution in [0.3, 0.4) is 0 Å². The predicted molar refractivity (Wildman–Crippen MR) is 151 cm³/mol. The quantitative estimate of drug-likeness (QED) is 0.298. The smallest absolute Gasteiger partial charge is 0.138 e. The minimum Gasteiger partial charge on any atom is -0.378 e. The van der Waals surface area contributed by atoms with Crippen molar-refractivity contribution in [1.29, 1.82) is 0 Å². The van der Waals surface area contributed by atoms with Gasteiger partial charge in [0.15, 0.2) is 0 Å². The van der Waals surface area contributed by atoms with Crippen LogP contribution in [-0.2, 0) is 0 Å². The van der Waals surface area contributed by atoms with Crippen LogP contribution in [0, 0.1) is 0 Å². The fourth-order valence-corrected chi connectivity index (χ4v) is 4.48. The normalized spacial score (nSPS) is 11.3. The first kappa shape index (κ1) is 21.9. The molecular formula is C30H28N6. The molecule has 6 aromatic rings. The van der Waals surface area contributed by atoms with Crippen molar-refractivity contribution in [2.24, 2.45) is 0 Å². The van der Waals surface area contributed by atoms with Gasteiger partial charge in [-0.2, -0.15) is 0 Å². The van der Waals surface area contributed by atoms with Crippen molar-refractivity contribution >= 4 is 33.4 Å². The first-order valence-electron chi connectivity index (χ1n) is 12.0. The third kappa shape index (κ3) is 3.96. The Balaban J connectivity index is 1.31. The van der Waals surface area contributed by atoms with Gasteiger partial charge in [0, 0.05) is 50.7 Å². The summed E-state index contributed by atoms with van der Waals surface area (Å²) in [4.78, 5) is 20.8. The zero-order valence-electron chi connectivity index (χ0n) is 20.9. The molecule has 2 aromatic heterocycles. The molecule has 0 saturated carbocycles. The Hall–Kier alpha value is -4.58. The third-order valence-electron chi connectivity index (χ3n) is 6.61. The molecule has 0 aliphatic carbocycles. The topological polar surface area (TPSA) is 63.8 Å². The number of rotatable bonds is 5. The van der Waals surface area contributed by atoms with E-state index in [-0.39, 0.29) is 0 Å². The highest BCUT2D eigenvalue weighted by Gasteiger charge is 2.10. The van der Waals surface area contributed by atoms with Crippen molar-refractivity contribution in [3.63, 3.8) is 0 Å². The first-order valence-corrected chi connectivity index (χ1v) is 12.0. The van der Waals surface area contributed by atoms with Crippen LogP contribution >= 0.6 is 0 Å². The molecule has 0 atom stereocenters. The van der Waals surface area contributed by atoms with Gasteiger partial charge in [-0.25, -0.2) is 9.97 Å². The average molecular weight is 473 g/mol. The van der Waals surface area contributed by atoms with Crippen molar-refractivity contribution in [2.45, 2.75) is 0 Å². The number of fused-ring (bicyclic) bond motifs is 2. The Morgan fingerprint density at radius 3 is 1.53 bits per heavy atom. The van der Waals surface area contributed by atoms with E-state index in [9.17, 15) is 0 Å². The summed E-state index contributed by atoms with van der Waals surface area (Å²) in [5.74, 6) is 1.75. The standard InChI is InChI=1S/C30H28N6/c1-35(2)23-11-5-19(6-12-23)29-31-25-15-9-21(17-27(25)33-29)22-10-16-26-28(18-22)34-30(32-26)20-7-13-24(14-8-20)36(3)4/h5-18H,1-4H3,(H,31,33)(H,32,34). The van der Waals surface area contributed by atoms with Crippen molar-refractivity contribution < 1.29 is 0 Å². The molecule has 6 nitrogen and oxygen atoms in total. The molecule has 0 aliphatic rings. The van der Waals surface area contributed by atoms with Gasteiger partial charge in [-0.1, -0.05) is 12.1 Å². The maximum atomic E-state index is 4.88. The Labute approximate surface area is 210 Å². The maximum Gasteiger partial charge on any atom is 0.138 e. The van der Waals surface area contributed by atoms with E-state index in [2.05, 4.69) is 105 Å². The second-order valence-corrected chi connectivity index (χ2v) is 9.52. The molecule has 0 spiro atoms. The molecule has 0 bridgehead atoms. The van der Waals surface area contributed by atoms with E-state index in [1.54, 1.807) is 0 Å². The van der Waals surface area contributed by atoms with Gasteiger partial charge in [-0.15, -0.1) is 0 Å². The van der Waals surface area contributed by atoms with Crippen LogP contribution in [0.25, 0.3) is 56.0 Å². The lowest BCUT2D eigenvalue weighted by atomic mass is 10.0. The SMILES string of the molecule is CN(C)c1ccc(-c2nc3cc(-c4ccc5nc(-c6ccc(N(C)C)cc6)[nH]c5c4)ccc3[nH]2)cc1. The Bertz CT molecular complexity index is 1540. The zero-order valence-corrected chi connectivity index (χ0v) is 20.9. The van der Waals surface area contributed by atoms with Crippen LogP contribution in [-0.4, -0.2) is 48.1 Å². The molecule has 6 rings (SSSR count). The second kappa shape index (κ2) is 8.57. The van der Waals surface area contributed by atoms with Crippen molar-refractivity contribution in [1.82, 2.24) is 19.9 Å². The number of imidazole rings is 2. The Morgan fingerprint density at radius 1 is 0.472 bits per heavy atom. The van der Waals surface area contributed by atoms with E-state index in [0.717, 1.165) is 56.0 Å². The molecule has 0 fully saturated rings. The summed E-state index contributed by atoms with van der Waals surface area (Å²) in [5, 5.41) is 0. The molecule has 0 saturated heterocycles. The summed E-state index contributed by atoms with van der Waals surface area (Å²) >= 11 is 0. The fraction of sp³-hybridized carbons (Fsp3) is 0.133. The largest absolute Gasteiger partial charge is 0.378 e. The monoisotopic (exact) mass is 472 g/mol. The molecule has 0 aliphatic heterocycles. The molecule has 178 valence electrons. The van der Waals surface area contributed by atoms with E-state index < -0.39 is 0 Å². The minimum absolute atomic E-state index is 0.875. The lowest BCUT2D eigenvalue weighted by Gasteiger charge is -2.11. The van der Waals surface area contributed by atoms with Crippen LogP contribution in [0.2, 0.25) is 0 Å². The summed E-state index contributed by atoms with van der Waals surface area (Å²) in [6.45, 7) is 0. The van der Waals surface area contributed by atoms with Crippen molar-refractivity contribution in [3.05, 3.63) is 84.9 Å². The molecule has 0 unspecified atom stereocenters. The summed E-state index contributed by atoms with van der Waals surface area (Å²) in [5.41, 5.74) is 10.7. The highest BCUT2D eigenvalue weighted by molar-refractivity contribution is 5.88. The summed E-state index contributed by atoms with van der Waals surface area (Å²) in [6, 6.07) is 29.6. The Kier molecular flexibility index (Phi) is 5.22. The van der Waals surface area contributed by atoms with E-state index >= 15 is 0 Å². The molecular weight excluding hydrogens is 444 g/mol. The van der Waals surface area contributed by atoms with Crippen LogP contribution in [0.4, 0.5) is 11.4 Å². The van der Waals surface area contributed by atoms with Gasteiger partial charge in [-0.3, -0.25) is 0 Å². The first-order chi connectivity index (χ1) is 17.4. The van der Waals surface area contributed by atoms with Gasteiger partial charge in [-0.05, 0) is 83.9 Å². The number of benzene rings is 4. The van der Waals surface area contributed by atoms with E-state index in [1.165, 1.54) is 11.4 Å². The summed E-state index contributed by atoms with van der Waals surface area (Å²) in [6.07, 6.45) is 0. The number of aromatic nitrogens is 4. The van der Waals surface area contributed by atoms with Gasteiger partial charge >= 0.3 is 0 Å². The van der Waals surface area contributed by atoms with Gasteiger partial charge < -0.3 is 19.8 Å². The molecule has 36 heavy (non-hydrogen) atoms. The van der Waals surface area contributed by atoms with Crippen molar-refractivity contribution in [3.8, 4) is 33.9 Å². The number of anilines is 2. The van der Waals surface area contributed by atoms with Crippen LogP contribution < -0.4 is 9.80 Å². The molecule has 0 radical (unpaired) electrons.